The van der Waals surface area contributed by atoms with Crippen LogP contribution in [-0.2, 0) is 12.7 Å². The molecule has 0 amide bonds. The van der Waals surface area contributed by atoms with Gasteiger partial charge in [0.2, 0.25) is 0 Å². The van der Waals surface area contributed by atoms with Crippen LogP contribution >= 0.6 is 36.2 Å². The van der Waals surface area contributed by atoms with E-state index in [0.29, 0.717) is 18.1 Å². The zero-order valence-electron chi connectivity index (χ0n) is 18.5. The van der Waals surface area contributed by atoms with Gasteiger partial charge in [-0.15, -0.1) is 0 Å². The molecule has 0 saturated carbocycles. The van der Waals surface area contributed by atoms with E-state index in [4.69, 9.17) is 20.4 Å². The number of benzene rings is 4. The van der Waals surface area contributed by atoms with Crippen LogP contribution in [0.3, 0.4) is 0 Å². The normalized spacial score (nSPS) is 11.0. The fraction of sp³-hybridized carbons (Fsp3) is 0.143. The second-order valence-electron chi connectivity index (χ2n) is 7.40. The molecule has 0 aliphatic heterocycles. The molecule has 0 fully saturated rings. The molecule has 5 heteroatoms. The summed E-state index contributed by atoms with van der Waals surface area (Å²) in [4.78, 5) is 0. The van der Waals surface area contributed by atoms with Gasteiger partial charge in [-0.05, 0) is 43.5 Å². The molecule has 0 unspecified atom stereocenters. The zero-order valence-corrected chi connectivity index (χ0v) is 22.8. The molecule has 0 spiro atoms. The molecule has 0 saturated heterocycles. The van der Waals surface area contributed by atoms with Gasteiger partial charge >= 0.3 is 33.0 Å². The first-order valence-electron chi connectivity index (χ1n) is 10.9. The van der Waals surface area contributed by atoms with Crippen LogP contribution in [0.4, 0.5) is 0 Å². The first-order valence-corrected chi connectivity index (χ1v) is 16.4. The Morgan fingerprint density at radius 1 is 0.545 bits per heavy atom. The van der Waals surface area contributed by atoms with Crippen LogP contribution in [0, 0.1) is 0 Å². The summed E-state index contributed by atoms with van der Waals surface area (Å²) in [6, 6.07) is 44.8. The molecule has 0 atom stereocenters. The van der Waals surface area contributed by atoms with Crippen molar-refractivity contribution in [2.24, 2.45) is 0 Å². The Morgan fingerprint density at radius 2 is 0.788 bits per heavy atom. The Labute approximate surface area is 215 Å². The van der Waals surface area contributed by atoms with Gasteiger partial charge in [-0.25, -0.2) is 0 Å². The molecule has 4 aromatic carbocycles. The molecule has 4 aromatic rings. The number of rotatable bonds is 8. The van der Waals surface area contributed by atoms with E-state index in [1.807, 2.05) is 0 Å². The van der Waals surface area contributed by atoms with Gasteiger partial charge in [0.05, 0.1) is 0 Å². The van der Waals surface area contributed by atoms with Crippen LogP contribution in [0.25, 0.3) is 0 Å². The van der Waals surface area contributed by atoms with E-state index < -0.39 is 15.8 Å². The average Bonchev–Trinajstić information content (AvgIpc) is 2.88. The Balaban J connectivity index is 0.000000968. The molecule has 174 valence electrons. The maximum atomic E-state index is 4.70. The Morgan fingerprint density at radius 3 is 1.00 bits per heavy atom. The van der Waals surface area contributed by atoms with Crippen LogP contribution < -0.4 is 21.2 Å². The zero-order chi connectivity index (χ0) is 23.3. The van der Waals surface area contributed by atoms with Gasteiger partial charge in [0, 0.05) is 5.40 Å². The van der Waals surface area contributed by atoms with Gasteiger partial charge < -0.3 is 0 Å². The van der Waals surface area contributed by atoms with Crippen molar-refractivity contribution in [3.05, 3.63) is 121 Å². The molecule has 0 aromatic heterocycles. The minimum atomic E-state index is -0.478. The Hall–Kier alpha value is -1.19. The maximum absolute atomic E-state index is 4.70. The number of hydrogen-bond donors (Lipinski definition) is 0. The SMILES string of the molecule is CCCC(P(c1ccccc1)c1ccccc1)P(c1ccccc1)c1ccccc1.[Cl][Ni][Cl]. The Bertz CT molecular complexity index is 872. The van der Waals surface area contributed by atoms with Crippen LogP contribution in [-0.4, -0.2) is 5.40 Å². The van der Waals surface area contributed by atoms with Gasteiger partial charge in [-0.1, -0.05) is 135 Å². The molecule has 0 aliphatic rings. The molecule has 0 bridgehead atoms. The van der Waals surface area contributed by atoms with Crippen molar-refractivity contribution >= 4 is 57.4 Å². The minimum absolute atomic E-state index is 0.478. The quantitative estimate of drug-likeness (QED) is 0.154. The fourth-order valence-electron chi connectivity index (χ4n) is 3.97. The van der Waals surface area contributed by atoms with E-state index in [1.165, 1.54) is 34.1 Å². The van der Waals surface area contributed by atoms with Crippen LogP contribution in [0.5, 0.6) is 0 Å². The van der Waals surface area contributed by atoms with Gasteiger partial charge in [0.15, 0.2) is 0 Å². The molecule has 0 radical (unpaired) electrons. The van der Waals surface area contributed by atoms with Crippen molar-refractivity contribution in [3.8, 4) is 0 Å². The molecule has 0 heterocycles. The molecule has 0 N–H and O–H groups in total. The third-order valence-electron chi connectivity index (χ3n) is 5.28. The van der Waals surface area contributed by atoms with E-state index in [-0.39, 0.29) is 0 Å². The van der Waals surface area contributed by atoms with Gasteiger partial charge in [0.1, 0.15) is 0 Å². The van der Waals surface area contributed by atoms with E-state index in [0.717, 1.165) is 0 Å². The molecular formula is C28H28Cl2NiP2. The first kappa shape index (κ1) is 26.4. The van der Waals surface area contributed by atoms with E-state index in [1.54, 1.807) is 0 Å². The summed E-state index contributed by atoms with van der Waals surface area (Å²) in [5.74, 6) is 0. The van der Waals surface area contributed by atoms with Crippen LogP contribution in [0.15, 0.2) is 121 Å². The topological polar surface area (TPSA) is 0 Å². The first-order chi connectivity index (χ1) is 16.3. The van der Waals surface area contributed by atoms with Gasteiger partial charge in [0.25, 0.3) is 0 Å². The summed E-state index contributed by atoms with van der Waals surface area (Å²) >= 11 is 0.569. The van der Waals surface area contributed by atoms with Crippen molar-refractivity contribution in [2.75, 3.05) is 0 Å². The van der Waals surface area contributed by atoms with E-state index >= 15 is 0 Å². The third-order valence-corrected chi connectivity index (χ3v) is 11.8. The van der Waals surface area contributed by atoms with E-state index in [2.05, 4.69) is 128 Å². The van der Waals surface area contributed by atoms with Crippen LogP contribution in [0.2, 0.25) is 0 Å². The monoisotopic (exact) mass is 554 g/mol. The fourth-order valence-corrected chi connectivity index (χ4v) is 11.5. The average molecular weight is 556 g/mol. The molecule has 0 aliphatic carbocycles. The van der Waals surface area contributed by atoms with E-state index in [9.17, 15) is 0 Å². The third kappa shape index (κ3) is 7.65. The Kier molecular flexibility index (Phi) is 12.0. The van der Waals surface area contributed by atoms with Crippen molar-refractivity contribution < 1.29 is 12.7 Å². The summed E-state index contributed by atoms with van der Waals surface area (Å²) in [7, 11) is 8.45. The van der Waals surface area contributed by atoms with Gasteiger partial charge in [-0.2, -0.15) is 0 Å². The summed E-state index contributed by atoms with van der Waals surface area (Å²) < 4.78 is 0. The molecule has 4 rings (SSSR count). The van der Waals surface area contributed by atoms with Crippen LogP contribution in [0.1, 0.15) is 19.8 Å². The van der Waals surface area contributed by atoms with Gasteiger partial charge in [-0.3, -0.25) is 0 Å². The number of halogens is 2. The predicted octanol–water partition coefficient (Wildman–Crippen LogP) is 7.75. The molecular weight excluding hydrogens is 528 g/mol. The summed E-state index contributed by atoms with van der Waals surface area (Å²) in [5, 5.41) is 6.52. The number of hydrogen-bond acceptors (Lipinski definition) is 0. The summed E-state index contributed by atoms with van der Waals surface area (Å²) in [6.45, 7) is 2.33. The van der Waals surface area contributed by atoms with Crippen molar-refractivity contribution in [1.29, 1.82) is 0 Å². The second kappa shape index (κ2) is 14.9. The molecule has 0 nitrogen and oxygen atoms in total. The summed E-state index contributed by atoms with van der Waals surface area (Å²) in [5.41, 5.74) is 0. The van der Waals surface area contributed by atoms with Crippen molar-refractivity contribution in [2.45, 2.75) is 25.2 Å². The molecule has 33 heavy (non-hydrogen) atoms. The van der Waals surface area contributed by atoms with Crippen molar-refractivity contribution in [1.82, 2.24) is 0 Å². The van der Waals surface area contributed by atoms with Crippen molar-refractivity contribution in [3.63, 3.8) is 0 Å². The predicted molar refractivity (Wildman–Crippen MR) is 149 cm³/mol. The standard InChI is InChI=1S/C28H28P2.2ClH.Ni/c1-2-15-28(29(24-16-7-3-8-17-24)25-18-9-4-10-19-25)30(26-20-11-5-12-21-26)27-22-13-6-14-23-27;;;/h3-14,16-23,28H,2,15H2,1H3;2*1H;/q;;;+2/p-2. The summed E-state index contributed by atoms with van der Waals surface area (Å²) in [6.07, 6.45) is 2.42. The second-order valence-corrected chi connectivity index (χ2v) is 14.2.